The summed E-state index contributed by atoms with van der Waals surface area (Å²) in [6.45, 7) is 7.74. The molecule has 7 nitrogen and oxygen atoms in total. The smallest absolute Gasteiger partial charge is 0.354 e. The van der Waals surface area contributed by atoms with E-state index in [0.29, 0.717) is 12.0 Å². The number of aryl methyl sites for hydroxylation is 1. The molecule has 44 heavy (non-hydrogen) atoms. The van der Waals surface area contributed by atoms with Crippen molar-refractivity contribution in [3.63, 3.8) is 0 Å². The number of halogens is 1. The first-order chi connectivity index (χ1) is 21.2. The highest BCUT2D eigenvalue weighted by molar-refractivity contribution is 7.86. The van der Waals surface area contributed by atoms with E-state index in [4.69, 9.17) is 20.3 Å². The molecule has 3 aromatic rings. The summed E-state index contributed by atoms with van der Waals surface area (Å²) in [6.07, 6.45) is 2.24. The fraction of sp³-hybridized carbons (Fsp3) is 0.400. The molecule has 0 bridgehead atoms. The van der Waals surface area contributed by atoms with E-state index in [1.165, 1.54) is 11.1 Å². The fourth-order valence-electron chi connectivity index (χ4n) is 7.86. The number of nitrogens with zero attached hydrogens (tertiary/aromatic N) is 1. The largest absolute Gasteiger partial charge is 0.357 e. The zero-order valence-electron chi connectivity index (χ0n) is 25.3. The summed E-state index contributed by atoms with van der Waals surface area (Å²) >= 11 is 5.77. The summed E-state index contributed by atoms with van der Waals surface area (Å²) in [6, 6.07) is 25.5. The Kier molecular flexibility index (Phi) is 8.63. The van der Waals surface area contributed by atoms with Crippen molar-refractivity contribution in [3.05, 3.63) is 107 Å². The van der Waals surface area contributed by atoms with Crippen LogP contribution in [0.4, 0.5) is 5.69 Å². The van der Waals surface area contributed by atoms with Gasteiger partial charge < -0.3 is 9.61 Å². The van der Waals surface area contributed by atoms with Gasteiger partial charge in [0.1, 0.15) is 11.9 Å². The molecule has 232 valence electrons. The molecule has 5 atom stereocenters. The van der Waals surface area contributed by atoms with Crippen molar-refractivity contribution in [2.75, 3.05) is 18.5 Å². The number of rotatable bonds is 10. The van der Waals surface area contributed by atoms with Crippen LogP contribution in [-0.4, -0.2) is 38.5 Å². The van der Waals surface area contributed by atoms with Gasteiger partial charge in [-0.25, -0.2) is 4.79 Å². The molecule has 0 saturated carbocycles. The fourth-order valence-corrected chi connectivity index (χ4v) is 8.92. The van der Waals surface area contributed by atoms with Crippen LogP contribution in [0.1, 0.15) is 49.8 Å². The predicted octanol–water partition coefficient (Wildman–Crippen LogP) is 6.97. The molecule has 5 unspecified atom stereocenters. The lowest BCUT2D eigenvalue weighted by atomic mass is 9.58. The Bertz CT molecular complexity index is 1660. The van der Waals surface area contributed by atoms with Gasteiger partial charge in [-0.2, -0.15) is 8.42 Å². The van der Waals surface area contributed by atoms with Crippen molar-refractivity contribution >= 4 is 33.6 Å². The van der Waals surface area contributed by atoms with Crippen molar-refractivity contribution in [1.82, 2.24) is 4.90 Å². The number of carbonyl (C=O) groups is 1. The third-order valence-corrected chi connectivity index (χ3v) is 11.5. The Morgan fingerprint density at radius 1 is 1.07 bits per heavy atom. The number of para-hydroxylation sites is 1. The molecule has 0 aromatic heterocycles. The molecule has 0 radical (unpaired) electrons. The number of fused-ring (bicyclic) bond motifs is 1. The third-order valence-electron chi connectivity index (χ3n) is 10.0. The van der Waals surface area contributed by atoms with Crippen LogP contribution >= 0.6 is 11.9 Å². The van der Waals surface area contributed by atoms with E-state index in [-0.39, 0.29) is 35.3 Å². The van der Waals surface area contributed by atoms with Crippen LogP contribution in [-0.2, 0) is 35.3 Å². The van der Waals surface area contributed by atoms with Crippen LogP contribution in [0.15, 0.2) is 95.0 Å². The SMILES string of the molecule is CCC(COS(=O)(=O)c1ccc(C)cc1)CC1C(C)C(C(=O)OCl)=C2Nc3ccccc3C23CCN(Cc2ccccc2)C13. The molecular formula is C35H39ClN2O5S. The molecule has 1 N–H and O–H groups in total. The van der Waals surface area contributed by atoms with Crippen LogP contribution in [0.3, 0.4) is 0 Å². The van der Waals surface area contributed by atoms with E-state index >= 15 is 0 Å². The van der Waals surface area contributed by atoms with Crippen molar-refractivity contribution in [2.45, 2.75) is 62.9 Å². The Hall–Kier alpha value is -3.17. The monoisotopic (exact) mass is 634 g/mol. The second-order valence-electron chi connectivity index (χ2n) is 12.5. The zero-order chi connectivity index (χ0) is 31.1. The molecule has 6 rings (SSSR count). The second kappa shape index (κ2) is 12.3. The number of nitrogens with one attached hydrogen (secondary N) is 1. The van der Waals surface area contributed by atoms with Crippen molar-refractivity contribution in [3.8, 4) is 0 Å². The van der Waals surface area contributed by atoms with E-state index in [9.17, 15) is 13.2 Å². The maximum Gasteiger partial charge on any atom is 0.354 e. The Morgan fingerprint density at radius 2 is 1.77 bits per heavy atom. The van der Waals surface area contributed by atoms with Crippen molar-refractivity contribution < 1.29 is 21.7 Å². The van der Waals surface area contributed by atoms with Gasteiger partial charge in [0.2, 0.25) is 0 Å². The average molecular weight is 635 g/mol. The van der Waals surface area contributed by atoms with Gasteiger partial charge in [0.25, 0.3) is 10.1 Å². The lowest BCUT2D eigenvalue weighted by Crippen LogP contribution is -2.54. The summed E-state index contributed by atoms with van der Waals surface area (Å²) in [5, 5.41) is 3.62. The molecular weight excluding hydrogens is 596 g/mol. The van der Waals surface area contributed by atoms with Gasteiger partial charge in [-0.1, -0.05) is 86.5 Å². The predicted molar refractivity (Wildman–Crippen MR) is 171 cm³/mol. The van der Waals surface area contributed by atoms with Gasteiger partial charge in [-0.05, 0) is 66.8 Å². The molecule has 0 amide bonds. The van der Waals surface area contributed by atoms with E-state index in [1.54, 1.807) is 24.3 Å². The average Bonchev–Trinajstić information content (AvgIpc) is 3.57. The Morgan fingerprint density at radius 3 is 2.48 bits per heavy atom. The van der Waals surface area contributed by atoms with Gasteiger partial charge in [-0.15, -0.1) is 0 Å². The van der Waals surface area contributed by atoms with Gasteiger partial charge in [0.15, 0.2) is 0 Å². The highest BCUT2D eigenvalue weighted by atomic mass is 35.5. The summed E-state index contributed by atoms with van der Waals surface area (Å²) in [5.41, 5.74) is 5.40. The molecule has 1 aliphatic carbocycles. The molecule has 3 aromatic carbocycles. The summed E-state index contributed by atoms with van der Waals surface area (Å²) in [4.78, 5) is 16.1. The van der Waals surface area contributed by atoms with Gasteiger partial charge in [0, 0.05) is 30.5 Å². The molecule has 1 saturated heterocycles. The van der Waals surface area contributed by atoms with E-state index in [2.05, 4.69) is 66.5 Å². The first-order valence-corrected chi connectivity index (χ1v) is 17.1. The molecule has 1 fully saturated rings. The van der Waals surface area contributed by atoms with Crippen LogP contribution in [0.5, 0.6) is 0 Å². The van der Waals surface area contributed by atoms with Crippen LogP contribution in [0.2, 0.25) is 0 Å². The lowest BCUT2D eigenvalue weighted by Gasteiger charge is -2.49. The number of likely N-dealkylation sites (tertiary alicyclic amines) is 1. The zero-order valence-corrected chi connectivity index (χ0v) is 26.9. The first-order valence-electron chi connectivity index (χ1n) is 15.4. The Balaban J connectivity index is 1.38. The lowest BCUT2D eigenvalue weighted by molar-refractivity contribution is -0.131. The summed E-state index contributed by atoms with van der Waals surface area (Å²) in [5.74, 6) is -0.794. The first kappa shape index (κ1) is 30.8. The highest BCUT2D eigenvalue weighted by Crippen LogP contribution is 2.61. The molecule has 1 spiro atoms. The maximum absolute atomic E-state index is 13.4. The molecule has 9 heteroatoms. The van der Waals surface area contributed by atoms with Crippen LogP contribution in [0.25, 0.3) is 0 Å². The normalized spacial score (nSPS) is 25.1. The van der Waals surface area contributed by atoms with Gasteiger partial charge >= 0.3 is 5.97 Å². The molecule has 2 heterocycles. The third kappa shape index (κ3) is 5.36. The van der Waals surface area contributed by atoms with E-state index < -0.39 is 21.5 Å². The maximum atomic E-state index is 13.4. The van der Waals surface area contributed by atoms with Gasteiger partial charge in [-0.3, -0.25) is 9.08 Å². The molecule has 2 aliphatic heterocycles. The Labute approximate surface area is 265 Å². The van der Waals surface area contributed by atoms with Crippen LogP contribution in [0, 0.1) is 24.7 Å². The van der Waals surface area contributed by atoms with E-state index in [0.717, 1.165) is 42.9 Å². The standard InChI is InChI=1S/C35H39ClN2O5S/c1-4-25(22-42-44(40,41)27-16-14-23(2)15-17-27)20-28-24(3)31(34(39)43-36)32-35(29-12-8-9-13-30(29)37-32)18-19-38(33(28)35)21-26-10-6-5-7-11-26/h5-17,24-25,28,33,37H,4,18-22H2,1-3H3. The minimum atomic E-state index is -3.91. The highest BCUT2D eigenvalue weighted by Gasteiger charge is 2.62. The number of benzene rings is 3. The number of carbonyl (C=O) groups excluding carboxylic acids is 1. The van der Waals surface area contributed by atoms with Gasteiger partial charge in [0.05, 0.1) is 22.5 Å². The quantitative estimate of drug-likeness (QED) is 0.241. The van der Waals surface area contributed by atoms with E-state index in [1.807, 2.05) is 19.1 Å². The topological polar surface area (TPSA) is 84.9 Å². The van der Waals surface area contributed by atoms with Crippen LogP contribution < -0.4 is 5.32 Å². The number of hydrogen-bond acceptors (Lipinski definition) is 7. The summed E-state index contributed by atoms with van der Waals surface area (Å²) < 4.78 is 36.8. The number of anilines is 1. The van der Waals surface area contributed by atoms with Crippen molar-refractivity contribution in [1.29, 1.82) is 0 Å². The minimum absolute atomic E-state index is 0.000635. The minimum Gasteiger partial charge on any atom is -0.357 e. The summed E-state index contributed by atoms with van der Waals surface area (Å²) in [7, 11) is -3.91. The molecule has 3 aliphatic rings. The number of hydrogen-bond donors (Lipinski definition) is 1. The van der Waals surface area contributed by atoms with Crippen molar-refractivity contribution in [2.24, 2.45) is 17.8 Å². The second-order valence-corrected chi connectivity index (χ2v) is 14.2.